The van der Waals surface area contributed by atoms with E-state index in [4.69, 9.17) is 16.3 Å². The van der Waals surface area contributed by atoms with Crippen molar-refractivity contribution in [2.45, 2.75) is 18.9 Å². The van der Waals surface area contributed by atoms with Crippen molar-refractivity contribution in [3.8, 4) is 5.75 Å². The molecule has 0 atom stereocenters. The van der Waals surface area contributed by atoms with Gasteiger partial charge in [-0.05, 0) is 31.0 Å². The van der Waals surface area contributed by atoms with Crippen LogP contribution in [-0.4, -0.2) is 47.0 Å². The van der Waals surface area contributed by atoms with Crippen molar-refractivity contribution in [2.75, 3.05) is 25.5 Å². The summed E-state index contributed by atoms with van der Waals surface area (Å²) >= 11 is 5.76. The third-order valence-electron chi connectivity index (χ3n) is 4.08. The molecule has 1 saturated heterocycles. The fourth-order valence-corrected chi connectivity index (χ4v) is 2.85. The summed E-state index contributed by atoms with van der Waals surface area (Å²) in [6.07, 6.45) is 4.97. The van der Waals surface area contributed by atoms with E-state index in [-0.39, 0.29) is 11.9 Å². The van der Waals surface area contributed by atoms with E-state index in [2.05, 4.69) is 15.3 Å². The van der Waals surface area contributed by atoms with Crippen LogP contribution in [0.1, 0.15) is 23.2 Å². The number of methoxy groups -OCH3 is 1. The van der Waals surface area contributed by atoms with Gasteiger partial charge in [-0.15, -0.1) is 0 Å². The maximum Gasteiger partial charge on any atom is 0.255 e. The fourth-order valence-electron chi connectivity index (χ4n) is 2.74. The van der Waals surface area contributed by atoms with Gasteiger partial charge in [0.1, 0.15) is 16.7 Å². The van der Waals surface area contributed by atoms with Crippen LogP contribution >= 0.6 is 11.6 Å². The third kappa shape index (κ3) is 3.94. The molecule has 3 heterocycles. The lowest BCUT2D eigenvalue weighted by molar-refractivity contribution is 0.0718. The number of nitrogens with zero attached hydrogens (tertiary/aromatic N) is 3. The number of hydrogen-bond acceptors (Lipinski definition) is 5. The van der Waals surface area contributed by atoms with Gasteiger partial charge < -0.3 is 15.0 Å². The van der Waals surface area contributed by atoms with Gasteiger partial charge in [-0.2, -0.15) is 0 Å². The molecule has 1 aliphatic rings. The van der Waals surface area contributed by atoms with E-state index in [0.29, 0.717) is 23.8 Å². The van der Waals surface area contributed by atoms with Gasteiger partial charge in [0.05, 0.1) is 12.7 Å². The predicted molar refractivity (Wildman–Crippen MR) is 92.6 cm³/mol. The van der Waals surface area contributed by atoms with Gasteiger partial charge in [0.15, 0.2) is 0 Å². The van der Waals surface area contributed by atoms with E-state index >= 15 is 0 Å². The van der Waals surface area contributed by atoms with E-state index in [1.807, 2.05) is 17.0 Å². The summed E-state index contributed by atoms with van der Waals surface area (Å²) in [4.78, 5) is 22.6. The molecule has 0 saturated carbocycles. The topological polar surface area (TPSA) is 67.3 Å². The number of piperidine rings is 1. The van der Waals surface area contributed by atoms with Gasteiger partial charge in [0.25, 0.3) is 5.91 Å². The second-order valence-corrected chi connectivity index (χ2v) is 6.05. The number of nitrogens with one attached hydrogen (secondary N) is 1. The number of aromatic nitrogens is 2. The molecule has 7 heteroatoms. The Morgan fingerprint density at radius 2 is 2.08 bits per heavy atom. The number of amides is 1. The number of carbonyl (C=O) groups is 1. The van der Waals surface area contributed by atoms with Crippen LogP contribution < -0.4 is 10.1 Å². The van der Waals surface area contributed by atoms with Crippen LogP contribution in [0.4, 0.5) is 5.82 Å². The number of hydrogen-bond donors (Lipinski definition) is 1. The van der Waals surface area contributed by atoms with E-state index in [1.54, 1.807) is 25.4 Å². The van der Waals surface area contributed by atoms with Crippen molar-refractivity contribution >= 4 is 23.3 Å². The highest BCUT2D eigenvalue weighted by atomic mass is 35.5. The Balaban J connectivity index is 1.55. The molecule has 1 amide bonds. The lowest BCUT2D eigenvalue weighted by Gasteiger charge is -2.32. The molecule has 6 nitrogen and oxygen atoms in total. The second kappa shape index (κ2) is 7.49. The largest absolute Gasteiger partial charge is 0.497 e. The van der Waals surface area contributed by atoms with Crippen molar-refractivity contribution in [3.63, 3.8) is 0 Å². The minimum Gasteiger partial charge on any atom is -0.497 e. The van der Waals surface area contributed by atoms with Crippen LogP contribution in [0.5, 0.6) is 5.75 Å². The van der Waals surface area contributed by atoms with Crippen LogP contribution in [0.3, 0.4) is 0 Å². The highest BCUT2D eigenvalue weighted by Crippen LogP contribution is 2.20. The third-order valence-corrected chi connectivity index (χ3v) is 4.30. The zero-order chi connectivity index (χ0) is 16.9. The summed E-state index contributed by atoms with van der Waals surface area (Å²) in [6, 6.07) is 7.32. The summed E-state index contributed by atoms with van der Waals surface area (Å²) in [5, 5.41) is 3.79. The first-order valence-electron chi connectivity index (χ1n) is 7.83. The molecule has 126 valence electrons. The summed E-state index contributed by atoms with van der Waals surface area (Å²) < 4.78 is 5.20. The predicted octanol–water partition coefficient (Wildman–Crippen LogP) is 2.86. The van der Waals surface area contributed by atoms with Crippen molar-refractivity contribution in [1.29, 1.82) is 0 Å². The van der Waals surface area contributed by atoms with E-state index in [0.717, 1.165) is 24.4 Å². The van der Waals surface area contributed by atoms with Gasteiger partial charge >= 0.3 is 0 Å². The molecule has 3 rings (SSSR count). The van der Waals surface area contributed by atoms with Crippen LogP contribution in [0.15, 0.2) is 36.7 Å². The van der Waals surface area contributed by atoms with Crippen LogP contribution in [0, 0.1) is 0 Å². The fraction of sp³-hybridized carbons (Fsp3) is 0.353. The number of anilines is 1. The van der Waals surface area contributed by atoms with Crippen molar-refractivity contribution in [2.24, 2.45) is 0 Å². The SMILES string of the molecule is COc1ccnc(NC2CCN(C(=O)c3ccc(Cl)nc3)CC2)c1. The van der Waals surface area contributed by atoms with Crippen molar-refractivity contribution in [1.82, 2.24) is 14.9 Å². The Labute approximate surface area is 145 Å². The Morgan fingerprint density at radius 3 is 2.75 bits per heavy atom. The molecule has 0 aliphatic carbocycles. The van der Waals surface area contributed by atoms with E-state index < -0.39 is 0 Å². The van der Waals surface area contributed by atoms with Crippen LogP contribution in [-0.2, 0) is 0 Å². The molecular weight excluding hydrogens is 328 g/mol. The minimum absolute atomic E-state index is 0.00266. The normalized spacial score (nSPS) is 15.2. The lowest BCUT2D eigenvalue weighted by Crippen LogP contribution is -2.42. The average molecular weight is 347 g/mol. The molecule has 24 heavy (non-hydrogen) atoms. The maximum atomic E-state index is 12.5. The molecule has 0 aromatic carbocycles. The molecule has 2 aromatic rings. The Bertz CT molecular complexity index is 700. The summed E-state index contributed by atoms with van der Waals surface area (Å²) in [5.41, 5.74) is 0.570. The molecule has 0 unspecified atom stereocenters. The minimum atomic E-state index is -0.00266. The number of halogens is 1. The Hall–Kier alpha value is -2.34. The highest BCUT2D eigenvalue weighted by Gasteiger charge is 2.24. The van der Waals surface area contributed by atoms with Gasteiger partial charge in [-0.25, -0.2) is 9.97 Å². The molecule has 0 bridgehead atoms. The van der Waals surface area contributed by atoms with E-state index in [9.17, 15) is 4.79 Å². The molecule has 1 aliphatic heterocycles. The molecule has 1 fully saturated rings. The summed E-state index contributed by atoms with van der Waals surface area (Å²) in [6.45, 7) is 1.40. The van der Waals surface area contributed by atoms with Gasteiger partial charge in [-0.3, -0.25) is 4.79 Å². The lowest BCUT2D eigenvalue weighted by atomic mass is 10.0. The number of ether oxygens (including phenoxy) is 1. The monoisotopic (exact) mass is 346 g/mol. The molecule has 0 radical (unpaired) electrons. The van der Waals surface area contributed by atoms with Crippen LogP contribution in [0.25, 0.3) is 0 Å². The molecule has 1 N–H and O–H groups in total. The van der Waals surface area contributed by atoms with Crippen molar-refractivity contribution < 1.29 is 9.53 Å². The first-order chi connectivity index (χ1) is 11.7. The molecule has 0 spiro atoms. The second-order valence-electron chi connectivity index (χ2n) is 5.66. The summed E-state index contributed by atoms with van der Waals surface area (Å²) in [5.74, 6) is 1.56. The highest BCUT2D eigenvalue weighted by molar-refractivity contribution is 6.29. The molecular formula is C17H19ClN4O2. The van der Waals surface area contributed by atoms with Gasteiger partial charge in [0, 0.05) is 37.6 Å². The average Bonchev–Trinajstić information content (AvgIpc) is 2.62. The van der Waals surface area contributed by atoms with Crippen LogP contribution in [0.2, 0.25) is 5.15 Å². The maximum absolute atomic E-state index is 12.5. The standard InChI is InChI=1S/C17H19ClN4O2/c1-24-14-4-7-19-16(10-14)21-13-5-8-22(9-6-13)17(23)12-2-3-15(18)20-11-12/h2-4,7,10-11,13H,5-6,8-9H2,1H3,(H,19,21). The smallest absolute Gasteiger partial charge is 0.255 e. The quantitative estimate of drug-likeness (QED) is 0.862. The summed E-state index contributed by atoms with van der Waals surface area (Å²) in [7, 11) is 1.63. The zero-order valence-corrected chi connectivity index (χ0v) is 14.2. The Kier molecular flexibility index (Phi) is 5.15. The van der Waals surface area contributed by atoms with Gasteiger partial charge in [0.2, 0.25) is 0 Å². The van der Waals surface area contributed by atoms with Crippen molar-refractivity contribution in [3.05, 3.63) is 47.4 Å². The first-order valence-corrected chi connectivity index (χ1v) is 8.21. The number of pyridine rings is 2. The Morgan fingerprint density at radius 1 is 1.29 bits per heavy atom. The number of carbonyl (C=O) groups excluding carboxylic acids is 1. The molecule has 2 aromatic heterocycles. The van der Waals surface area contributed by atoms with Gasteiger partial charge in [-0.1, -0.05) is 11.6 Å². The number of rotatable bonds is 4. The van der Waals surface area contributed by atoms with E-state index in [1.165, 1.54) is 6.20 Å². The number of likely N-dealkylation sites (tertiary alicyclic amines) is 1. The first kappa shape index (κ1) is 16.5. The zero-order valence-electron chi connectivity index (χ0n) is 13.4.